The third kappa shape index (κ3) is 2.88. The van der Waals surface area contributed by atoms with Crippen molar-refractivity contribution in [1.29, 1.82) is 0 Å². The number of rotatable bonds is 3. The van der Waals surface area contributed by atoms with Crippen LogP contribution < -0.4 is 10.3 Å². The maximum atomic E-state index is 13.6. The molecular weight excluding hydrogens is 294 g/mol. The van der Waals surface area contributed by atoms with Gasteiger partial charge in [-0.05, 0) is 18.2 Å². The molecule has 1 heterocycles. The Hall–Kier alpha value is -1.59. The fourth-order valence-electron chi connectivity index (χ4n) is 1.58. The van der Waals surface area contributed by atoms with Crippen LogP contribution in [0.25, 0.3) is 0 Å². The molecule has 0 aliphatic heterocycles. The number of aromatic nitrogens is 2. The topological polar surface area (TPSA) is 44.1 Å². The van der Waals surface area contributed by atoms with Gasteiger partial charge in [0, 0.05) is 10.6 Å². The van der Waals surface area contributed by atoms with Crippen LogP contribution in [0.2, 0.25) is 10.2 Å². The summed E-state index contributed by atoms with van der Waals surface area (Å²) in [6.45, 7) is -0.00818. The van der Waals surface area contributed by atoms with Crippen LogP contribution in [0.5, 0.6) is 5.75 Å². The zero-order valence-corrected chi connectivity index (χ0v) is 11.4. The molecule has 0 saturated heterocycles. The van der Waals surface area contributed by atoms with Gasteiger partial charge in [-0.2, -0.15) is 0 Å². The van der Waals surface area contributed by atoms with Crippen LogP contribution in [-0.4, -0.2) is 16.7 Å². The number of ether oxygens (including phenoxy) is 1. The van der Waals surface area contributed by atoms with Gasteiger partial charge in [0.25, 0.3) is 5.56 Å². The number of hydrogen-bond donors (Lipinski definition) is 0. The van der Waals surface area contributed by atoms with Crippen LogP contribution in [0.1, 0.15) is 5.56 Å². The maximum Gasteiger partial charge on any atom is 0.297 e. The predicted octanol–water partition coefficient (Wildman–Crippen LogP) is 2.75. The molecule has 4 nitrogen and oxygen atoms in total. The van der Waals surface area contributed by atoms with Gasteiger partial charge >= 0.3 is 0 Å². The lowest BCUT2D eigenvalue weighted by atomic mass is 10.2. The highest BCUT2D eigenvalue weighted by atomic mass is 35.5. The molecule has 0 bridgehead atoms. The minimum Gasteiger partial charge on any atom is -0.489 e. The van der Waals surface area contributed by atoms with E-state index >= 15 is 0 Å². The molecule has 0 atom stereocenters. The monoisotopic (exact) mass is 302 g/mol. The fraction of sp³-hybridized carbons (Fsp3) is 0.167. The summed E-state index contributed by atoms with van der Waals surface area (Å²) >= 11 is 11.5. The normalized spacial score (nSPS) is 10.5. The molecule has 0 aliphatic rings. The molecular formula is C12H9Cl2FN2O2. The van der Waals surface area contributed by atoms with Crippen molar-refractivity contribution in [3.05, 3.63) is 56.4 Å². The standard InChI is InChI=1S/C12H9Cl2FN2O2/c1-19-10-11(14)16-6-17(12(10)18)5-7-4-8(13)2-3-9(7)15/h2-4,6H,5H2,1H3. The van der Waals surface area contributed by atoms with Crippen LogP contribution in [0.3, 0.4) is 0 Å². The zero-order chi connectivity index (χ0) is 14.0. The SMILES string of the molecule is COc1c(Cl)ncn(Cc2cc(Cl)ccc2F)c1=O. The second-order valence-corrected chi connectivity index (χ2v) is 4.53. The average molecular weight is 303 g/mol. The summed E-state index contributed by atoms with van der Waals surface area (Å²) in [6.07, 6.45) is 1.23. The van der Waals surface area contributed by atoms with E-state index in [2.05, 4.69) is 4.98 Å². The molecule has 0 amide bonds. The van der Waals surface area contributed by atoms with E-state index in [4.69, 9.17) is 27.9 Å². The number of halogens is 3. The van der Waals surface area contributed by atoms with E-state index in [1.807, 2.05) is 0 Å². The Kier molecular flexibility index (Phi) is 4.07. The first-order valence-corrected chi connectivity index (χ1v) is 6.01. The Labute approximate surface area is 118 Å². The second kappa shape index (κ2) is 5.59. The summed E-state index contributed by atoms with van der Waals surface area (Å²) in [4.78, 5) is 15.8. The minimum absolute atomic E-state index is 0.00818. The van der Waals surface area contributed by atoms with E-state index in [-0.39, 0.29) is 23.0 Å². The van der Waals surface area contributed by atoms with E-state index in [0.29, 0.717) is 5.02 Å². The number of nitrogens with zero attached hydrogens (tertiary/aromatic N) is 2. The Bertz CT molecular complexity index is 673. The summed E-state index contributed by atoms with van der Waals surface area (Å²) < 4.78 is 19.7. The molecule has 2 aromatic rings. The third-order valence-corrected chi connectivity index (χ3v) is 3.01. The van der Waals surface area contributed by atoms with Crippen molar-refractivity contribution >= 4 is 23.2 Å². The lowest BCUT2D eigenvalue weighted by molar-refractivity contribution is 0.400. The molecule has 0 spiro atoms. The molecule has 100 valence electrons. The first kappa shape index (κ1) is 13.8. The van der Waals surface area contributed by atoms with E-state index in [0.717, 1.165) is 0 Å². The lowest BCUT2D eigenvalue weighted by Crippen LogP contribution is -2.23. The Morgan fingerprint density at radius 1 is 1.42 bits per heavy atom. The first-order valence-electron chi connectivity index (χ1n) is 5.25. The van der Waals surface area contributed by atoms with E-state index in [1.165, 1.54) is 36.2 Å². The summed E-state index contributed by atoms with van der Waals surface area (Å²) in [6, 6.07) is 4.12. The first-order chi connectivity index (χ1) is 9.02. The van der Waals surface area contributed by atoms with Gasteiger partial charge in [-0.3, -0.25) is 9.36 Å². The minimum atomic E-state index is -0.484. The molecule has 0 saturated carbocycles. The Morgan fingerprint density at radius 2 is 2.16 bits per heavy atom. The Balaban J connectivity index is 2.44. The van der Waals surface area contributed by atoms with Gasteiger partial charge in [0.15, 0.2) is 5.15 Å². The van der Waals surface area contributed by atoms with Crippen molar-refractivity contribution in [3.8, 4) is 5.75 Å². The molecule has 0 fully saturated rings. The highest BCUT2D eigenvalue weighted by molar-refractivity contribution is 6.31. The molecule has 1 aromatic heterocycles. The largest absolute Gasteiger partial charge is 0.489 e. The molecule has 0 radical (unpaired) electrons. The highest BCUT2D eigenvalue weighted by Gasteiger charge is 2.12. The fourth-order valence-corrected chi connectivity index (χ4v) is 1.98. The van der Waals surface area contributed by atoms with Crippen molar-refractivity contribution in [2.24, 2.45) is 0 Å². The van der Waals surface area contributed by atoms with Crippen LogP contribution in [0.4, 0.5) is 4.39 Å². The zero-order valence-electron chi connectivity index (χ0n) is 9.86. The predicted molar refractivity (Wildman–Crippen MR) is 70.6 cm³/mol. The van der Waals surface area contributed by atoms with Crippen molar-refractivity contribution in [3.63, 3.8) is 0 Å². The molecule has 1 aromatic carbocycles. The molecule has 0 aliphatic carbocycles. The number of methoxy groups -OCH3 is 1. The van der Waals surface area contributed by atoms with E-state index < -0.39 is 11.4 Å². The summed E-state index contributed by atoms with van der Waals surface area (Å²) in [5.74, 6) is -0.531. The van der Waals surface area contributed by atoms with Crippen LogP contribution in [-0.2, 0) is 6.54 Å². The molecule has 7 heteroatoms. The van der Waals surface area contributed by atoms with Crippen molar-refractivity contribution in [2.45, 2.75) is 6.54 Å². The van der Waals surface area contributed by atoms with Gasteiger partial charge in [-0.1, -0.05) is 23.2 Å². The third-order valence-electron chi connectivity index (χ3n) is 2.51. The number of hydrogen-bond acceptors (Lipinski definition) is 3. The summed E-state index contributed by atoms with van der Waals surface area (Å²) in [5, 5.41) is 0.355. The molecule has 2 rings (SSSR count). The highest BCUT2D eigenvalue weighted by Crippen LogP contribution is 2.18. The van der Waals surface area contributed by atoms with Crippen molar-refractivity contribution in [1.82, 2.24) is 9.55 Å². The van der Waals surface area contributed by atoms with Crippen LogP contribution >= 0.6 is 23.2 Å². The van der Waals surface area contributed by atoms with Crippen LogP contribution in [0, 0.1) is 5.82 Å². The van der Waals surface area contributed by atoms with E-state index in [9.17, 15) is 9.18 Å². The van der Waals surface area contributed by atoms with Gasteiger partial charge in [-0.25, -0.2) is 9.37 Å². The van der Waals surface area contributed by atoms with Gasteiger partial charge in [-0.15, -0.1) is 0 Å². The maximum absolute atomic E-state index is 13.6. The molecule has 19 heavy (non-hydrogen) atoms. The summed E-state index contributed by atoms with van der Waals surface area (Å²) in [5.41, 5.74) is -0.206. The van der Waals surface area contributed by atoms with Crippen molar-refractivity contribution in [2.75, 3.05) is 7.11 Å². The van der Waals surface area contributed by atoms with Crippen molar-refractivity contribution < 1.29 is 9.13 Å². The quantitative estimate of drug-likeness (QED) is 0.819. The second-order valence-electron chi connectivity index (χ2n) is 3.74. The molecule has 0 unspecified atom stereocenters. The molecule has 0 N–H and O–H groups in total. The van der Waals surface area contributed by atoms with E-state index in [1.54, 1.807) is 0 Å². The van der Waals surface area contributed by atoms with Gasteiger partial charge < -0.3 is 4.74 Å². The lowest BCUT2D eigenvalue weighted by Gasteiger charge is -2.09. The Morgan fingerprint density at radius 3 is 2.84 bits per heavy atom. The van der Waals surface area contributed by atoms with Gasteiger partial charge in [0.1, 0.15) is 5.82 Å². The average Bonchev–Trinajstić information content (AvgIpc) is 2.38. The number of benzene rings is 1. The smallest absolute Gasteiger partial charge is 0.297 e. The summed E-state index contributed by atoms with van der Waals surface area (Å²) in [7, 11) is 1.31. The van der Waals surface area contributed by atoms with Gasteiger partial charge in [0.2, 0.25) is 5.75 Å². The van der Waals surface area contributed by atoms with Gasteiger partial charge in [0.05, 0.1) is 20.0 Å². The van der Waals surface area contributed by atoms with Crippen LogP contribution in [0.15, 0.2) is 29.3 Å².